The number of rotatable bonds is 2. The molecule has 0 spiro atoms. The highest BCUT2D eigenvalue weighted by atomic mass is 32.2. The lowest BCUT2D eigenvalue weighted by atomic mass is 10.1. The van der Waals surface area contributed by atoms with Crippen molar-refractivity contribution in [2.24, 2.45) is 0 Å². The maximum atomic E-state index is 13.6. The Morgan fingerprint density at radius 3 is 2.16 bits per heavy atom. The topological polar surface area (TPSA) is 47.6 Å². The highest BCUT2D eigenvalue weighted by Gasteiger charge is 2.13. The van der Waals surface area contributed by atoms with Gasteiger partial charge in [-0.3, -0.25) is 0 Å². The van der Waals surface area contributed by atoms with Gasteiger partial charge in [-0.1, -0.05) is 17.8 Å². The fourth-order valence-corrected chi connectivity index (χ4v) is 2.49. The van der Waals surface area contributed by atoms with Crippen molar-refractivity contribution in [3.05, 3.63) is 59.2 Å². The largest absolute Gasteiger partial charge is 0.207 e. The van der Waals surface area contributed by atoms with Gasteiger partial charge >= 0.3 is 0 Å². The maximum absolute atomic E-state index is 13.6. The van der Waals surface area contributed by atoms with E-state index in [4.69, 9.17) is 10.5 Å². The molecule has 0 aliphatic rings. The van der Waals surface area contributed by atoms with Crippen molar-refractivity contribution in [3.63, 3.8) is 0 Å². The zero-order valence-corrected chi connectivity index (χ0v) is 10.3. The summed E-state index contributed by atoms with van der Waals surface area (Å²) in [5.41, 5.74) is 0.514. The summed E-state index contributed by atoms with van der Waals surface area (Å²) in [7, 11) is 0. The van der Waals surface area contributed by atoms with Gasteiger partial charge in [-0.05, 0) is 30.3 Å². The van der Waals surface area contributed by atoms with Crippen molar-refractivity contribution in [2.45, 2.75) is 9.79 Å². The molecule has 0 aliphatic carbocycles. The van der Waals surface area contributed by atoms with Crippen LogP contribution >= 0.6 is 11.8 Å². The maximum Gasteiger partial charge on any atom is 0.137 e. The van der Waals surface area contributed by atoms with Crippen LogP contribution in [0.1, 0.15) is 11.1 Å². The predicted molar refractivity (Wildman–Crippen MR) is 66.4 cm³/mol. The second kappa shape index (κ2) is 5.51. The number of benzene rings is 2. The van der Waals surface area contributed by atoms with Crippen molar-refractivity contribution in [1.82, 2.24) is 0 Å². The fraction of sp³-hybridized carbons (Fsp3) is 0. The van der Waals surface area contributed by atoms with Gasteiger partial charge in [-0.25, -0.2) is 8.78 Å². The van der Waals surface area contributed by atoms with E-state index in [2.05, 4.69) is 0 Å². The average Bonchev–Trinajstić information content (AvgIpc) is 2.43. The number of hydrogen-bond acceptors (Lipinski definition) is 3. The zero-order valence-electron chi connectivity index (χ0n) is 9.52. The van der Waals surface area contributed by atoms with Crippen LogP contribution in [0.15, 0.2) is 46.2 Å². The lowest BCUT2D eigenvalue weighted by Gasteiger charge is -2.07. The Morgan fingerprint density at radius 1 is 0.947 bits per heavy atom. The van der Waals surface area contributed by atoms with Gasteiger partial charge in [0.2, 0.25) is 0 Å². The molecule has 5 heteroatoms. The Balaban J connectivity index is 2.52. The van der Waals surface area contributed by atoms with E-state index in [1.54, 1.807) is 6.07 Å². The molecule has 0 unspecified atom stereocenters. The quantitative estimate of drug-likeness (QED) is 0.834. The summed E-state index contributed by atoms with van der Waals surface area (Å²) in [5.74, 6) is -1.17. The van der Waals surface area contributed by atoms with Crippen LogP contribution in [0.5, 0.6) is 0 Å². The molecule has 2 aromatic carbocycles. The van der Waals surface area contributed by atoms with E-state index in [9.17, 15) is 8.78 Å². The normalized spacial score (nSPS) is 9.68. The highest BCUT2D eigenvalue weighted by molar-refractivity contribution is 7.99. The molecule has 0 amide bonds. The first-order valence-electron chi connectivity index (χ1n) is 5.22. The number of hydrogen-bond donors (Lipinski definition) is 0. The minimum atomic E-state index is -0.594. The van der Waals surface area contributed by atoms with Crippen LogP contribution in [0.25, 0.3) is 0 Å². The minimum absolute atomic E-state index is 0.0409. The highest BCUT2D eigenvalue weighted by Crippen LogP contribution is 2.34. The van der Waals surface area contributed by atoms with Crippen molar-refractivity contribution in [3.8, 4) is 12.1 Å². The lowest BCUT2D eigenvalue weighted by molar-refractivity contribution is 0.577. The first-order valence-corrected chi connectivity index (χ1v) is 6.03. The first kappa shape index (κ1) is 13.1. The molecule has 0 atom stereocenters. The predicted octanol–water partition coefficient (Wildman–Crippen LogP) is 3.86. The van der Waals surface area contributed by atoms with E-state index in [1.165, 1.54) is 12.1 Å². The molecule has 0 N–H and O–H groups in total. The molecule has 92 valence electrons. The average molecular weight is 272 g/mol. The molecular weight excluding hydrogens is 266 g/mol. The molecule has 19 heavy (non-hydrogen) atoms. The van der Waals surface area contributed by atoms with E-state index in [1.807, 2.05) is 12.1 Å². The Labute approximate surface area is 112 Å². The van der Waals surface area contributed by atoms with Crippen LogP contribution in [0, 0.1) is 34.3 Å². The van der Waals surface area contributed by atoms with E-state index < -0.39 is 11.6 Å². The Kier molecular flexibility index (Phi) is 3.79. The number of halogens is 2. The van der Waals surface area contributed by atoms with Gasteiger partial charge in [0.25, 0.3) is 0 Å². The first-order chi connectivity index (χ1) is 9.15. The Hall–Kier alpha value is -2.37. The molecule has 2 aromatic rings. The van der Waals surface area contributed by atoms with Crippen molar-refractivity contribution >= 4 is 11.8 Å². The Bertz CT molecular complexity index is 682. The van der Waals surface area contributed by atoms with Crippen LogP contribution < -0.4 is 0 Å². The number of nitrogens with zero attached hydrogens (tertiary/aromatic N) is 2. The van der Waals surface area contributed by atoms with Gasteiger partial charge in [-0.2, -0.15) is 10.5 Å². The Morgan fingerprint density at radius 2 is 1.58 bits per heavy atom. The smallest absolute Gasteiger partial charge is 0.137 e. The summed E-state index contributed by atoms with van der Waals surface area (Å²) in [6.45, 7) is 0. The third-order valence-electron chi connectivity index (χ3n) is 2.36. The van der Waals surface area contributed by atoms with Gasteiger partial charge < -0.3 is 0 Å². The second-order valence-electron chi connectivity index (χ2n) is 3.58. The molecule has 0 radical (unpaired) electrons. The standard InChI is InChI=1S/C14H6F2N2S/c15-11-4-5-12(16)13(6-11)19-14-9(7-17)2-1-3-10(14)8-18/h1-6H. The molecule has 0 aromatic heterocycles. The third kappa shape index (κ3) is 2.73. The van der Waals surface area contributed by atoms with E-state index in [-0.39, 0.29) is 16.0 Å². The van der Waals surface area contributed by atoms with E-state index in [0.29, 0.717) is 4.90 Å². The van der Waals surface area contributed by atoms with E-state index >= 15 is 0 Å². The molecular formula is C14H6F2N2S. The molecule has 2 nitrogen and oxygen atoms in total. The molecule has 0 aliphatic heterocycles. The van der Waals surface area contributed by atoms with Crippen LogP contribution in [0.4, 0.5) is 8.78 Å². The molecule has 0 saturated carbocycles. The van der Waals surface area contributed by atoms with Crippen molar-refractivity contribution in [2.75, 3.05) is 0 Å². The van der Waals surface area contributed by atoms with Gasteiger partial charge in [-0.15, -0.1) is 0 Å². The summed E-state index contributed by atoms with van der Waals surface area (Å²) >= 11 is 0.871. The summed E-state index contributed by atoms with van der Waals surface area (Å²) in [6.07, 6.45) is 0. The van der Waals surface area contributed by atoms with Gasteiger partial charge in [0.15, 0.2) is 0 Å². The van der Waals surface area contributed by atoms with Gasteiger partial charge in [0.1, 0.15) is 23.8 Å². The van der Waals surface area contributed by atoms with Crippen LogP contribution in [0.3, 0.4) is 0 Å². The monoisotopic (exact) mass is 272 g/mol. The fourth-order valence-electron chi connectivity index (χ4n) is 1.49. The van der Waals surface area contributed by atoms with Crippen LogP contribution in [0.2, 0.25) is 0 Å². The van der Waals surface area contributed by atoms with Crippen molar-refractivity contribution in [1.29, 1.82) is 10.5 Å². The van der Waals surface area contributed by atoms with Crippen LogP contribution in [-0.4, -0.2) is 0 Å². The van der Waals surface area contributed by atoms with Crippen LogP contribution in [-0.2, 0) is 0 Å². The molecule has 0 heterocycles. The summed E-state index contributed by atoms with van der Waals surface area (Å²) in [4.78, 5) is 0.371. The second-order valence-corrected chi connectivity index (χ2v) is 4.63. The third-order valence-corrected chi connectivity index (χ3v) is 3.54. The summed E-state index contributed by atoms with van der Waals surface area (Å²) < 4.78 is 26.7. The summed E-state index contributed by atoms with van der Waals surface area (Å²) in [5, 5.41) is 18.0. The zero-order chi connectivity index (χ0) is 13.8. The van der Waals surface area contributed by atoms with Crippen molar-refractivity contribution < 1.29 is 8.78 Å². The molecule has 0 bridgehead atoms. The molecule has 0 fully saturated rings. The lowest BCUT2D eigenvalue weighted by Crippen LogP contribution is -1.89. The number of nitriles is 2. The molecule has 0 saturated heterocycles. The van der Waals surface area contributed by atoms with E-state index in [0.717, 1.165) is 30.0 Å². The SMILES string of the molecule is N#Cc1cccc(C#N)c1Sc1cc(F)ccc1F. The van der Waals surface area contributed by atoms with Gasteiger partial charge in [0.05, 0.1) is 16.0 Å². The van der Waals surface area contributed by atoms with Gasteiger partial charge in [0, 0.05) is 4.90 Å². The molecule has 2 rings (SSSR count). The minimum Gasteiger partial charge on any atom is -0.207 e. The summed E-state index contributed by atoms with van der Waals surface area (Å²) in [6, 6.07) is 11.6.